The molecule has 0 radical (unpaired) electrons. The summed E-state index contributed by atoms with van der Waals surface area (Å²) in [5.74, 6) is -0.0359. The van der Waals surface area contributed by atoms with Crippen LogP contribution in [0.5, 0.6) is 0 Å². The van der Waals surface area contributed by atoms with Crippen molar-refractivity contribution in [3.8, 4) is 0 Å². The lowest BCUT2D eigenvalue weighted by atomic mass is 10.1. The fourth-order valence-corrected chi connectivity index (χ4v) is 1.62. The highest BCUT2D eigenvalue weighted by molar-refractivity contribution is 9.10. The van der Waals surface area contributed by atoms with Gasteiger partial charge in [0.25, 0.3) is 0 Å². The van der Waals surface area contributed by atoms with Crippen molar-refractivity contribution < 1.29 is 4.79 Å². The van der Waals surface area contributed by atoms with Gasteiger partial charge in [-0.15, -0.1) is 0 Å². The van der Waals surface area contributed by atoms with Gasteiger partial charge in [-0.05, 0) is 61.3 Å². The molecule has 0 saturated heterocycles. The molecule has 0 spiro atoms. The molecule has 0 bridgehead atoms. The molecule has 1 amide bonds. The Bertz CT molecular complexity index is 410. The van der Waals surface area contributed by atoms with Crippen molar-refractivity contribution in [1.29, 1.82) is 0 Å². The molecule has 0 aromatic heterocycles. The molecule has 0 atom stereocenters. The van der Waals surface area contributed by atoms with Crippen LogP contribution in [0.2, 0.25) is 0 Å². The Morgan fingerprint density at radius 1 is 1.35 bits per heavy atom. The van der Waals surface area contributed by atoms with Crippen molar-refractivity contribution in [2.75, 3.05) is 11.9 Å². The zero-order valence-corrected chi connectivity index (χ0v) is 12.3. The molecule has 0 aliphatic carbocycles. The smallest absolute Gasteiger partial charge is 0.238 e. The van der Waals surface area contributed by atoms with E-state index in [1.54, 1.807) is 0 Å². The topological polar surface area (TPSA) is 41.1 Å². The zero-order chi connectivity index (χ0) is 13.1. The molecule has 1 rings (SSSR count). The number of hydrogen-bond acceptors (Lipinski definition) is 2. The van der Waals surface area contributed by atoms with E-state index in [1.165, 1.54) is 0 Å². The molecule has 0 fully saturated rings. The van der Waals surface area contributed by atoms with Crippen LogP contribution >= 0.6 is 15.9 Å². The summed E-state index contributed by atoms with van der Waals surface area (Å²) in [6.07, 6.45) is 0. The van der Waals surface area contributed by atoms with E-state index in [9.17, 15) is 4.79 Å². The van der Waals surface area contributed by atoms with Crippen LogP contribution in [0, 0.1) is 6.92 Å². The Labute approximate surface area is 111 Å². The summed E-state index contributed by atoms with van der Waals surface area (Å²) in [5.41, 5.74) is 1.87. The predicted octanol–water partition coefficient (Wildman–Crippen LogP) is 3.08. The minimum absolute atomic E-state index is 0.0359. The van der Waals surface area contributed by atoms with Crippen LogP contribution in [0.25, 0.3) is 0 Å². The van der Waals surface area contributed by atoms with Gasteiger partial charge in [0.15, 0.2) is 0 Å². The van der Waals surface area contributed by atoms with E-state index >= 15 is 0 Å². The highest BCUT2D eigenvalue weighted by Gasteiger charge is 2.12. The van der Waals surface area contributed by atoms with Gasteiger partial charge < -0.3 is 10.6 Å². The van der Waals surface area contributed by atoms with E-state index in [1.807, 2.05) is 45.9 Å². The summed E-state index contributed by atoms with van der Waals surface area (Å²) in [5, 5.41) is 6.02. The molecule has 2 N–H and O–H groups in total. The normalized spacial score (nSPS) is 11.4. The van der Waals surface area contributed by atoms with Crippen molar-refractivity contribution in [3.63, 3.8) is 0 Å². The van der Waals surface area contributed by atoms with E-state index in [2.05, 4.69) is 26.6 Å². The Morgan fingerprint density at radius 2 is 2.00 bits per heavy atom. The molecule has 1 aromatic carbocycles. The molecule has 4 heteroatoms. The van der Waals surface area contributed by atoms with E-state index in [-0.39, 0.29) is 11.4 Å². The van der Waals surface area contributed by atoms with E-state index < -0.39 is 0 Å². The minimum atomic E-state index is -0.0544. The monoisotopic (exact) mass is 298 g/mol. The van der Waals surface area contributed by atoms with Crippen LogP contribution in [0.15, 0.2) is 22.7 Å². The number of hydrogen-bond donors (Lipinski definition) is 2. The number of aryl methyl sites for hydroxylation is 1. The number of benzene rings is 1. The maximum Gasteiger partial charge on any atom is 0.238 e. The number of amides is 1. The lowest BCUT2D eigenvalue weighted by Crippen LogP contribution is -2.41. The molecule has 17 heavy (non-hydrogen) atoms. The Kier molecular flexibility index (Phi) is 4.71. The van der Waals surface area contributed by atoms with Crippen molar-refractivity contribution in [2.45, 2.75) is 33.2 Å². The van der Waals surface area contributed by atoms with E-state index in [0.717, 1.165) is 15.7 Å². The third-order valence-electron chi connectivity index (χ3n) is 2.18. The molecule has 3 nitrogen and oxygen atoms in total. The predicted molar refractivity (Wildman–Crippen MR) is 75.3 cm³/mol. The number of nitrogens with one attached hydrogen (secondary N) is 2. The lowest BCUT2D eigenvalue weighted by molar-refractivity contribution is -0.115. The fourth-order valence-electron chi connectivity index (χ4n) is 1.27. The van der Waals surface area contributed by atoms with Crippen molar-refractivity contribution in [3.05, 3.63) is 28.2 Å². The molecule has 1 aromatic rings. The summed E-state index contributed by atoms with van der Waals surface area (Å²) in [7, 11) is 0. The number of carbonyl (C=O) groups is 1. The first kappa shape index (κ1) is 14.2. The summed E-state index contributed by atoms with van der Waals surface area (Å²) >= 11 is 3.41. The van der Waals surface area contributed by atoms with E-state index in [0.29, 0.717) is 6.54 Å². The molecule has 0 saturated carbocycles. The van der Waals surface area contributed by atoms with Gasteiger partial charge >= 0.3 is 0 Å². The number of anilines is 1. The Morgan fingerprint density at radius 3 is 2.59 bits per heavy atom. The first-order valence-corrected chi connectivity index (χ1v) is 6.38. The minimum Gasteiger partial charge on any atom is -0.324 e. The first-order chi connectivity index (χ1) is 7.78. The van der Waals surface area contributed by atoms with Gasteiger partial charge in [0, 0.05) is 10.0 Å². The van der Waals surface area contributed by atoms with Gasteiger partial charge in [-0.3, -0.25) is 4.79 Å². The van der Waals surface area contributed by atoms with Gasteiger partial charge in [-0.1, -0.05) is 6.07 Å². The molecule has 94 valence electrons. The van der Waals surface area contributed by atoms with Gasteiger partial charge in [-0.2, -0.15) is 0 Å². The van der Waals surface area contributed by atoms with Crippen molar-refractivity contribution >= 4 is 27.5 Å². The third kappa shape index (κ3) is 5.33. The van der Waals surface area contributed by atoms with Gasteiger partial charge in [-0.25, -0.2) is 0 Å². The van der Waals surface area contributed by atoms with Crippen LogP contribution in [0.3, 0.4) is 0 Å². The van der Waals surface area contributed by atoms with Crippen LogP contribution in [-0.4, -0.2) is 18.0 Å². The zero-order valence-electron chi connectivity index (χ0n) is 10.7. The average Bonchev–Trinajstić information content (AvgIpc) is 2.20. The van der Waals surface area contributed by atoms with Crippen molar-refractivity contribution in [2.24, 2.45) is 0 Å². The Hall–Kier alpha value is -0.870. The quantitative estimate of drug-likeness (QED) is 0.900. The molecule has 0 aliphatic heterocycles. The number of carbonyl (C=O) groups excluding carboxylic acids is 1. The van der Waals surface area contributed by atoms with E-state index in [4.69, 9.17) is 0 Å². The SMILES string of the molecule is Cc1ccc(Br)c(NC(=O)CNC(C)(C)C)c1. The number of halogens is 1. The average molecular weight is 299 g/mol. The van der Waals surface area contributed by atoms with Crippen LogP contribution < -0.4 is 10.6 Å². The summed E-state index contributed by atoms with van der Waals surface area (Å²) in [6.45, 7) is 8.40. The van der Waals surface area contributed by atoms with Crippen LogP contribution in [0.4, 0.5) is 5.69 Å². The summed E-state index contributed by atoms with van der Waals surface area (Å²) in [4.78, 5) is 11.7. The second kappa shape index (κ2) is 5.65. The summed E-state index contributed by atoms with van der Waals surface area (Å²) < 4.78 is 0.896. The molecular formula is C13H19BrN2O. The first-order valence-electron chi connectivity index (χ1n) is 5.59. The molecule has 0 heterocycles. The lowest BCUT2D eigenvalue weighted by Gasteiger charge is -2.20. The second-order valence-electron chi connectivity index (χ2n) is 5.14. The van der Waals surface area contributed by atoms with Crippen LogP contribution in [-0.2, 0) is 4.79 Å². The summed E-state index contributed by atoms with van der Waals surface area (Å²) in [6, 6.07) is 5.87. The maximum atomic E-state index is 11.7. The largest absolute Gasteiger partial charge is 0.324 e. The highest BCUT2D eigenvalue weighted by Crippen LogP contribution is 2.23. The third-order valence-corrected chi connectivity index (χ3v) is 2.87. The standard InChI is InChI=1S/C13H19BrN2O/c1-9-5-6-10(14)11(7-9)16-12(17)8-15-13(2,3)4/h5-7,15H,8H2,1-4H3,(H,16,17). The molecule has 0 unspecified atom stereocenters. The van der Waals surface area contributed by atoms with Gasteiger partial charge in [0.2, 0.25) is 5.91 Å². The second-order valence-corrected chi connectivity index (χ2v) is 5.99. The van der Waals surface area contributed by atoms with Crippen molar-refractivity contribution in [1.82, 2.24) is 5.32 Å². The van der Waals surface area contributed by atoms with Gasteiger partial charge in [0.1, 0.15) is 0 Å². The molecular weight excluding hydrogens is 280 g/mol. The van der Waals surface area contributed by atoms with Gasteiger partial charge in [0.05, 0.1) is 12.2 Å². The fraction of sp³-hybridized carbons (Fsp3) is 0.462. The highest BCUT2D eigenvalue weighted by atomic mass is 79.9. The maximum absolute atomic E-state index is 11.7. The molecule has 0 aliphatic rings. The number of rotatable bonds is 3. The Balaban J connectivity index is 2.59. The van der Waals surface area contributed by atoms with Crippen LogP contribution in [0.1, 0.15) is 26.3 Å².